The Balaban J connectivity index is 1.98. The molecule has 5 heteroatoms. The van der Waals surface area contributed by atoms with Gasteiger partial charge in [0.15, 0.2) is 0 Å². The van der Waals surface area contributed by atoms with Crippen molar-refractivity contribution in [3.8, 4) is 0 Å². The van der Waals surface area contributed by atoms with E-state index in [0.29, 0.717) is 6.04 Å². The molecule has 2 rings (SSSR count). The van der Waals surface area contributed by atoms with Crippen LogP contribution in [0.4, 0.5) is 11.6 Å². The molecule has 0 radical (unpaired) electrons. The summed E-state index contributed by atoms with van der Waals surface area (Å²) in [5.74, 6) is 1.90. The van der Waals surface area contributed by atoms with Gasteiger partial charge in [-0.3, -0.25) is 4.90 Å². The lowest BCUT2D eigenvalue weighted by Gasteiger charge is -2.28. The van der Waals surface area contributed by atoms with Crippen molar-refractivity contribution < 1.29 is 0 Å². The lowest BCUT2D eigenvalue weighted by atomic mass is 10.2. The molecule has 0 aromatic carbocycles. The molecule has 1 fully saturated rings. The highest BCUT2D eigenvalue weighted by Crippen LogP contribution is 2.20. The zero-order valence-corrected chi connectivity index (χ0v) is 12.3. The molecule has 1 unspecified atom stereocenters. The molecule has 19 heavy (non-hydrogen) atoms. The second kappa shape index (κ2) is 6.70. The van der Waals surface area contributed by atoms with Gasteiger partial charge in [-0.2, -0.15) is 0 Å². The van der Waals surface area contributed by atoms with Gasteiger partial charge in [-0.15, -0.1) is 0 Å². The smallest absolute Gasteiger partial charge is 0.133 e. The Hall–Kier alpha value is -1.36. The van der Waals surface area contributed by atoms with E-state index in [1.54, 1.807) is 6.33 Å². The normalized spacial score (nSPS) is 19.6. The molecule has 1 saturated heterocycles. The van der Waals surface area contributed by atoms with E-state index in [1.807, 2.05) is 6.07 Å². The summed E-state index contributed by atoms with van der Waals surface area (Å²) in [6, 6.07) is 2.68. The maximum Gasteiger partial charge on any atom is 0.133 e. The number of aromatic nitrogens is 2. The van der Waals surface area contributed by atoms with Gasteiger partial charge < -0.3 is 10.2 Å². The number of rotatable bonds is 6. The highest BCUT2D eigenvalue weighted by Gasteiger charge is 2.24. The fourth-order valence-electron chi connectivity index (χ4n) is 2.76. The Bertz CT molecular complexity index is 395. The van der Waals surface area contributed by atoms with Crippen molar-refractivity contribution in [1.29, 1.82) is 0 Å². The summed E-state index contributed by atoms with van der Waals surface area (Å²) in [7, 11) is 2.12. The first-order valence-electron chi connectivity index (χ1n) is 7.25. The molecule has 106 valence electrons. The molecule has 1 aliphatic heterocycles. The van der Waals surface area contributed by atoms with Crippen LogP contribution in [0.25, 0.3) is 0 Å². The SMILES string of the molecule is CCNc1cc(N(C)CC2CCCN2CC)ncn1. The van der Waals surface area contributed by atoms with Gasteiger partial charge in [-0.25, -0.2) is 9.97 Å². The zero-order valence-electron chi connectivity index (χ0n) is 12.3. The largest absolute Gasteiger partial charge is 0.370 e. The van der Waals surface area contributed by atoms with Gasteiger partial charge in [0, 0.05) is 32.2 Å². The molecule has 0 bridgehead atoms. The van der Waals surface area contributed by atoms with E-state index in [9.17, 15) is 0 Å². The third-order valence-electron chi connectivity index (χ3n) is 3.79. The number of likely N-dealkylation sites (N-methyl/N-ethyl adjacent to an activating group) is 2. The molecule has 0 aliphatic carbocycles. The number of anilines is 2. The fraction of sp³-hybridized carbons (Fsp3) is 0.714. The summed E-state index contributed by atoms with van der Waals surface area (Å²) in [5.41, 5.74) is 0. The van der Waals surface area contributed by atoms with Gasteiger partial charge >= 0.3 is 0 Å². The predicted molar refractivity (Wildman–Crippen MR) is 79.7 cm³/mol. The summed E-state index contributed by atoms with van der Waals surface area (Å²) in [5, 5.41) is 3.23. The summed E-state index contributed by atoms with van der Waals surface area (Å²) >= 11 is 0. The maximum absolute atomic E-state index is 4.37. The highest BCUT2D eigenvalue weighted by atomic mass is 15.2. The minimum Gasteiger partial charge on any atom is -0.370 e. The van der Waals surface area contributed by atoms with Gasteiger partial charge in [-0.1, -0.05) is 6.92 Å². The first-order chi connectivity index (χ1) is 9.24. The topological polar surface area (TPSA) is 44.3 Å². The zero-order chi connectivity index (χ0) is 13.7. The third kappa shape index (κ3) is 3.56. The molecule has 1 aromatic heterocycles. The Morgan fingerprint density at radius 2 is 2.26 bits per heavy atom. The van der Waals surface area contributed by atoms with Crippen molar-refractivity contribution in [3.63, 3.8) is 0 Å². The van der Waals surface area contributed by atoms with E-state index < -0.39 is 0 Å². The number of nitrogens with one attached hydrogen (secondary N) is 1. The monoisotopic (exact) mass is 263 g/mol. The molecule has 2 heterocycles. The van der Waals surface area contributed by atoms with Crippen molar-refractivity contribution in [2.75, 3.05) is 43.4 Å². The first-order valence-corrected chi connectivity index (χ1v) is 7.25. The highest BCUT2D eigenvalue weighted by molar-refractivity contribution is 5.47. The van der Waals surface area contributed by atoms with Crippen molar-refractivity contribution >= 4 is 11.6 Å². The van der Waals surface area contributed by atoms with Gasteiger partial charge in [0.05, 0.1) is 0 Å². The van der Waals surface area contributed by atoms with Crippen molar-refractivity contribution in [2.45, 2.75) is 32.7 Å². The van der Waals surface area contributed by atoms with Gasteiger partial charge in [0.1, 0.15) is 18.0 Å². The van der Waals surface area contributed by atoms with E-state index >= 15 is 0 Å². The van der Waals surface area contributed by atoms with Crippen molar-refractivity contribution in [2.24, 2.45) is 0 Å². The van der Waals surface area contributed by atoms with Crippen molar-refractivity contribution in [1.82, 2.24) is 14.9 Å². The predicted octanol–water partition coefficient (Wildman–Crippen LogP) is 1.83. The van der Waals surface area contributed by atoms with Crippen LogP contribution in [0.5, 0.6) is 0 Å². The fourth-order valence-corrected chi connectivity index (χ4v) is 2.76. The minimum atomic E-state index is 0.660. The molecule has 0 spiro atoms. The molecule has 1 aromatic rings. The summed E-state index contributed by atoms with van der Waals surface area (Å²) in [6.07, 6.45) is 4.25. The standard InChI is InChI=1S/C14H25N5/c1-4-15-13-9-14(17-11-16-13)18(3)10-12-7-6-8-19(12)5-2/h9,11-12H,4-8,10H2,1-3H3,(H,15,16,17). The lowest BCUT2D eigenvalue weighted by Crippen LogP contribution is -2.39. The van der Waals surface area contributed by atoms with Gasteiger partial charge in [-0.05, 0) is 32.9 Å². The average Bonchev–Trinajstić information content (AvgIpc) is 2.86. The van der Waals surface area contributed by atoms with E-state index in [4.69, 9.17) is 0 Å². The molecule has 1 aliphatic rings. The Morgan fingerprint density at radius 1 is 1.42 bits per heavy atom. The third-order valence-corrected chi connectivity index (χ3v) is 3.79. The Kier molecular flexibility index (Phi) is 4.96. The number of likely N-dealkylation sites (tertiary alicyclic amines) is 1. The molecule has 0 amide bonds. The second-order valence-electron chi connectivity index (χ2n) is 5.10. The van der Waals surface area contributed by atoms with Crippen LogP contribution in [0.3, 0.4) is 0 Å². The van der Waals surface area contributed by atoms with E-state index in [-0.39, 0.29) is 0 Å². The van der Waals surface area contributed by atoms with Crippen LogP contribution in [0.1, 0.15) is 26.7 Å². The van der Waals surface area contributed by atoms with Crippen LogP contribution >= 0.6 is 0 Å². The molecule has 1 atom stereocenters. The molecular formula is C14H25N5. The van der Waals surface area contributed by atoms with Gasteiger partial charge in [0.2, 0.25) is 0 Å². The van der Waals surface area contributed by atoms with Crippen LogP contribution in [0.15, 0.2) is 12.4 Å². The minimum absolute atomic E-state index is 0.660. The number of nitrogens with zero attached hydrogens (tertiary/aromatic N) is 4. The van der Waals surface area contributed by atoms with E-state index in [1.165, 1.54) is 19.4 Å². The van der Waals surface area contributed by atoms with E-state index in [2.05, 4.69) is 46.0 Å². The molecular weight excluding hydrogens is 238 g/mol. The van der Waals surface area contributed by atoms with Gasteiger partial charge in [0.25, 0.3) is 0 Å². The number of hydrogen-bond donors (Lipinski definition) is 1. The number of hydrogen-bond acceptors (Lipinski definition) is 5. The van der Waals surface area contributed by atoms with Crippen molar-refractivity contribution in [3.05, 3.63) is 12.4 Å². The van der Waals surface area contributed by atoms with E-state index in [0.717, 1.165) is 31.3 Å². The maximum atomic E-state index is 4.37. The van der Waals surface area contributed by atoms with Crippen LogP contribution in [-0.4, -0.2) is 54.1 Å². The Labute approximate surface area is 116 Å². The van der Waals surface area contributed by atoms with Crippen LogP contribution in [-0.2, 0) is 0 Å². The van der Waals surface area contributed by atoms with Crippen LogP contribution < -0.4 is 10.2 Å². The lowest BCUT2D eigenvalue weighted by molar-refractivity contribution is 0.270. The molecule has 5 nitrogen and oxygen atoms in total. The molecule has 0 saturated carbocycles. The summed E-state index contributed by atoms with van der Waals surface area (Å²) in [4.78, 5) is 13.4. The van der Waals surface area contributed by atoms with Crippen LogP contribution in [0, 0.1) is 0 Å². The quantitative estimate of drug-likeness (QED) is 0.848. The molecule has 1 N–H and O–H groups in total. The summed E-state index contributed by atoms with van der Waals surface area (Å²) < 4.78 is 0. The Morgan fingerprint density at radius 3 is 3.00 bits per heavy atom. The average molecular weight is 263 g/mol. The second-order valence-corrected chi connectivity index (χ2v) is 5.10. The summed E-state index contributed by atoms with van der Waals surface area (Å²) in [6.45, 7) is 8.62. The first kappa shape index (κ1) is 14.1. The van der Waals surface area contributed by atoms with Crippen LogP contribution in [0.2, 0.25) is 0 Å².